The summed E-state index contributed by atoms with van der Waals surface area (Å²) >= 11 is 2.62. The highest BCUT2D eigenvalue weighted by atomic mass is 32.2. The van der Waals surface area contributed by atoms with Gasteiger partial charge in [-0.1, -0.05) is 31.5 Å². The molecule has 1 unspecified atom stereocenters. The van der Waals surface area contributed by atoms with E-state index in [9.17, 15) is 14.4 Å². The molecule has 0 spiro atoms. The average molecular weight is 334 g/mol. The van der Waals surface area contributed by atoms with Crippen molar-refractivity contribution < 1.29 is 24.2 Å². The molecule has 1 fully saturated rings. The number of carbonyl (C=O) groups excluding carboxylic acids is 2. The largest absolute Gasteiger partial charge is 0.478 e. The Hall–Kier alpha value is -0.690. The third-order valence-electron chi connectivity index (χ3n) is 3.26. The number of ether oxygens (including phenoxy) is 1. The molecule has 0 aromatic carbocycles. The Bertz CT molecular complexity index is 380. The van der Waals surface area contributed by atoms with Crippen molar-refractivity contribution in [3.05, 3.63) is 0 Å². The first-order chi connectivity index (χ1) is 9.90. The van der Waals surface area contributed by atoms with Crippen molar-refractivity contribution in [2.24, 2.45) is 5.92 Å². The van der Waals surface area contributed by atoms with E-state index >= 15 is 0 Å². The molecule has 0 amide bonds. The summed E-state index contributed by atoms with van der Waals surface area (Å²) in [7, 11) is 0. The fourth-order valence-electron chi connectivity index (χ4n) is 2.00. The van der Waals surface area contributed by atoms with Crippen molar-refractivity contribution in [2.75, 3.05) is 11.5 Å². The number of hydrogen-bond donors (Lipinski definition) is 1. The lowest BCUT2D eigenvalue weighted by atomic mass is 10.2. The monoisotopic (exact) mass is 334 g/mol. The van der Waals surface area contributed by atoms with E-state index in [0.717, 1.165) is 24.6 Å². The summed E-state index contributed by atoms with van der Waals surface area (Å²) in [5, 5.41) is 9.56. The van der Waals surface area contributed by atoms with Crippen molar-refractivity contribution in [3.8, 4) is 0 Å². The molecule has 1 N–H and O–H groups in total. The summed E-state index contributed by atoms with van der Waals surface area (Å²) in [6.45, 7) is 3.07. The molecule has 0 saturated heterocycles. The normalized spacial score (nSPS) is 18.2. The van der Waals surface area contributed by atoms with Crippen molar-refractivity contribution in [2.45, 2.75) is 50.9 Å². The Labute approximate surface area is 133 Å². The Kier molecular flexibility index (Phi) is 8.18. The van der Waals surface area contributed by atoms with Crippen molar-refractivity contribution in [1.29, 1.82) is 0 Å². The number of esters is 1. The maximum atomic E-state index is 11.8. The Balaban J connectivity index is 2.39. The van der Waals surface area contributed by atoms with E-state index in [2.05, 4.69) is 0 Å². The van der Waals surface area contributed by atoms with Gasteiger partial charge in [-0.15, -0.1) is 0 Å². The van der Waals surface area contributed by atoms with Gasteiger partial charge in [0.05, 0.1) is 5.92 Å². The summed E-state index contributed by atoms with van der Waals surface area (Å²) < 4.78 is 5.08. The van der Waals surface area contributed by atoms with Crippen LogP contribution in [0.3, 0.4) is 0 Å². The molecule has 0 bridgehead atoms. The van der Waals surface area contributed by atoms with Gasteiger partial charge in [0.2, 0.25) is 6.10 Å². The molecule has 1 aliphatic carbocycles. The Morgan fingerprint density at radius 3 is 2.38 bits per heavy atom. The standard InChI is InChI=1S/C14H22O5S2/c1-9(7-20-10(2)15)14(18)19-12(13(16)17)8-21-11-5-3-4-6-11/h9,11-12H,3-8H2,1-2H3,(H,16,17)/t9-,12?/m0/s1. The lowest BCUT2D eigenvalue weighted by molar-refractivity contribution is -0.164. The predicted octanol–water partition coefficient (Wildman–Crippen LogP) is 2.57. The van der Waals surface area contributed by atoms with Gasteiger partial charge in [-0.05, 0) is 12.8 Å². The third kappa shape index (κ3) is 7.22. The lowest BCUT2D eigenvalue weighted by Gasteiger charge is -2.18. The molecular weight excluding hydrogens is 312 g/mol. The second-order valence-corrected chi connectivity index (χ2v) is 7.74. The maximum absolute atomic E-state index is 11.8. The SMILES string of the molecule is CC(=O)SC[C@H](C)C(=O)OC(CSC1CCCC1)C(=O)O. The van der Waals surface area contributed by atoms with Gasteiger partial charge in [-0.3, -0.25) is 9.59 Å². The molecule has 2 atom stereocenters. The smallest absolute Gasteiger partial charge is 0.345 e. The van der Waals surface area contributed by atoms with Crippen LogP contribution in [0.25, 0.3) is 0 Å². The summed E-state index contributed by atoms with van der Waals surface area (Å²) in [6, 6.07) is 0. The zero-order valence-corrected chi connectivity index (χ0v) is 14.0. The van der Waals surface area contributed by atoms with Crippen LogP contribution in [0.2, 0.25) is 0 Å². The van der Waals surface area contributed by atoms with Gasteiger partial charge in [0, 0.05) is 23.7 Å². The molecule has 0 aromatic heterocycles. The molecule has 0 heterocycles. The van der Waals surface area contributed by atoms with E-state index in [4.69, 9.17) is 9.84 Å². The molecule has 7 heteroatoms. The summed E-state index contributed by atoms with van der Waals surface area (Å²) in [6.07, 6.45) is 3.49. The van der Waals surface area contributed by atoms with Crippen LogP contribution in [-0.2, 0) is 19.1 Å². The van der Waals surface area contributed by atoms with Crippen LogP contribution in [0.5, 0.6) is 0 Å². The van der Waals surface area contributed by atoms with E-state index in [-0.39, 0.29) is 10.9 Å². The number of rotatable bonds is 8. The molecule has 1 saturated carbocycles. The number of carbonyl (C=O) groups is 3. The van der Waals surface area contributed by atoms with E-state index in [1.54, 1.807) is 18.7 Å². The Morgan fingerprint density at radius 2 is 1.86 bits per heavy atom. The number of aliphatic carboxylic acids is 1. The topological polar surface area (TPSA) is 80.7 Å². The molecule has 21 heavy (non-hydrogen) atoms. The van der Waals surface area contributed by atoms with Gasteiger partial charge in [0.25, 0.3) is 0 Å². The second-order valence-electron chi connectivity index (χ2n) is 5.21. The van der Waals surface area contributed by atoms with Crippen molar-refractivity contribution in [3.63, 3.8) is 0 Å². The average Bonchev–Trinajstić information content (AvgIpc) is 2.93. The molecule has 1 rings (SSSR count). The maximum Gasteiger partial charge on any atom is 0.345 e. The minimum atomic E-state index is -1.11. The highest BCUT2D eigenvalue weighted by Gasteiger charge is 2.27. The third-order valence-corrected chi connectivity index (χ3v) is 5.77. The molecule has 0 aliphatic heterocycles. The van der Waals surface area contributed by atoms with Crippen LogP contribution in [0.1, 0.15) is 39.5 Å². The lowest BCUT2D eigenvalue weighted by Crippen LogP contribution is -2.32. The minimum Gasteiger partial charge on any atom is -0.478 e. The number of hydrogen-bond acceptors (Lipinski definition) is 6. The number of thioether (sulfide) groups is 2. The molecule has 0 radical (unpaired) electrons. The summed E-state index contributed by atoms with van der Waals surface area (Å²) in [4.78, 5) is 33.9. The number of carboxylic acid groups (broad SMARTS) is 1. The van der Waals surface area contributed by atoms with Gasteiger partial charge < -0.3 is 9.84 Å². The fourth-order valence-corrected chi connectivity index (χ4v) is 3.95. The predicted molar refractivity (Wildman–Crippen MR) is 84.5 cm³/mol. The van der Waals surface area contributed by atoms with E-state index in [0.29, 0.717) is 11.0 Å². The summed E-state index contributed by atoms with van der Waals surface area (Å²) in [5.74, 6) is -1.55. The quantitative estimate of drug-likeness (QED) is 0.683. The fraction of sp³-hybridized carbons (Fsp3) is 0.786. The van der Waals surface area contributed by atoms with Gasteiger partial charge in [-0.2, -0.15) is 11.8 Å². The highest BCUT2D eigenvalue weighted by Crippen LogP contribution is 2.30. The van der Waals surface area contributed by atoms with Crippen LogP contribution < -0.4 is 0 Å². The first-order valence-electron chi connectivity index (χ1n) is 7.08. The van der Waals surface area contributed by atoms with Crippen molar-refractivity contribution >= 4 is 40.6 Å². The first kappa shape index (κ1) is 18.4. The Morgan fingerprint density at radius 1 is 1.24 bits per heavy atom. The van der Waals surface area contributed by atoms with Gasteiger partial charge in [0.1, 0.15) is 0 Å². The van der Waals surface area contributed by atoms with Crippen LogP contribution in [0.4, 0.5) is 0 Å². The zero-order chi connectivity index (χ0) is 15.8. The minimum absolute atomic E-state index is 0.0683. The highest BCUT2D eigenvalue weighted by molar-refractivity contribution is 8.13. The van der Waals surface area contributed by atoms with Crippen LogP contribution in [-0.4, -0.2) is 45.0 Å². The van der Waals surface area contributed by atoms with E-state index < -0.39 is 24.0 Å². The second kappa shape index (κ2) is 9.35. The van der Waals surface area contributed by atoms with Crippen LogP contribution >= 0.6 is 23.5 Å². The molecular formula is C14H22O5S2. The number of carboxylic acids is 1. The van der Waals surface area contributed by atoms with Crippen LogP contribution in [0, 0.1) is 5.92 Å². The van der Waals surface area contributed by atoms with E-state index in [1.165, 1.54) is 19.8 Å². The molecule has 1 aliphatic rings. The molecule has 0 aromatic rings. The van der Waals surface area contributed by atoms with Crippen molar-refractivity contribution in [1.82, 2.24) is 0 Å². The van der Waals surface area contributed by atoms with E-state index in [1.807, 2.05) is 0 Å². The molecule has 5 nitrogen and oxygen atoms in total. The van der Waals surface area contributed by atoms with Gasteiger partial charge in [0.15, 0.2) is 5.12 Å². The van der Waals surface area contributed by atoms with Gasteiger partial charge >= 0.3 is 11.9 Å². The zero-order valence-electron chi connectivity index (χ0n) is 12.4. The van der Waals surface area contributed by atoms with Gasteiger partial charge in [-0.25, -0.2) is 4.79 Å². The van der Waals surface area contributed by atoms with Crippen LogP contribution in [0.15, 0.2) is 0 Å². The summed E-state index contributed by atoms with van der Waals surface area (Å²) in [5.41, 5.74) is 0. The first-order valence-corrected chi connectivity index (χ1v) is 9.12. The molecule has 120 valence electrons.